The van der Waals surface area contributed by atoms with Gasteiger partial charge in [-0.1, -0.05) is 0 Å². The maximum atomic E-state index is 13.1. The molecule has 1 aliphatic heterocycles. The third-order valence-electron chi connectivity index (χ3n) is 3.14. The summed E-state index contributed by atoms with van der Waals surface area (Å²) < 4.78 is 17.7. The van der Waals surface area contributed by atoms with Gasteiger partial charge in [-0.3, -0.25) is 9.59 Å². The third kappa shape index (κ3) is 2.47. The van der Waals surface area contributed by atoms with Gasteiger partial charge in [0.15, 0.2) is 0 Å². The predicted octanol–water partition coefficient (Wildman–Crippen LogP) is 1.05. The molecule has 1 unspecified atom stereocenters. The highest BCUT2D eigenvalue weighted by Crippen LogP contribution is 2.29. The molecule has 6 nitrogen and oxygen atoms in total. The maximum Gasteiger partial charge on any atom is 0.337 e. The van der Waals surface area contributed by atoms with Crippen molar-refractivity contribution in [3.8, 4) is 0 Å². The van der Waals surface area contributed by atoms with Crippen molar-refractivity contribution >= 4 is 23.5 Å². The van der Waals surface area contributed by atoms with Crippen LogP contribution >= 0.6 is 0 Å². The van der Waals surface area contributed by atoms with E-state index in [1.807, 2.05) is 0 Å². The summed E-state index contributed by atoms with van der Waals surface area (Å²) in [6.07, 6.45) is -0.0525. The number of anilines is 1. The molecule has 106 valence electrons. The Labute approximate surface area is 113 Å². The molecule has 1 aromatic carbocycles. The monoisotopic (exact) mass is 281 g/mol. The van der Waals surface area contributed by atoms with Crippen molar-refractivity contribution in [2.24, 2.45) is 5.92 Å². The Morgan fingerprint density at radius 2 is 2.15 bits per heavy atom. The lowest BCUT2D eigenvalue weighted by atomic mass is 10.1. The van der Waals surface area contributed by atoms with E-state index in [1.54, 1.807) is 0 Å². The van der Waals surface area contributed by atoms with Gasteiger partial charge in [0.1, 0.15) is 5.82 Å². The number of carboxylic acid groups (broad SMARTS) is 1. The minimum atomic E-state index is -1.34. The molecule has 0 aromatic heterocycles. The average Bonchev–Trinajstić information content (AvgIpc) is 2.79. The maximum absolute atomic E-state index is 13.1. The summed E-state index contributed by atoms with van der Waals surface area (Å²) in [5.41, 5.74) is -0.237. The van der Waals surface area contributed by atoms with E-state index < -0.39 is 29.6 Å². The summed E-state index contributed by atoms with van der Waals surface area (Å²) in [5, 5.41) is 9.06. The first-order chi connectivity index (χ1) is 9.43. The Morgan fingerprint density at radius 1 is 1.45 bits per heavy atom. The van der Waals surface area contributed by atoms with E-state index in [2.05, 4.69) is 4.74 Å². The number of hydrogen-bond donors (Lipinski definition) is 1. The number of hydrogen-bond acceptors (Lipinski definition) is 4. The van der Waals surface area contributed by atoms with Gasteiger partial charge in [-0.15, -0.1) is 0 Å². The summed E-state index contributed by atoms with van der Waals surface area (Å²) in [4.78, 5) is 35.6. The van der Waals surface area contributed by atoms with Gasteiger partial charge in [-0.2, -0.15) is 0 Å². The van der Waals surface area contributed by atoms with Crippen molar-refractivity contribution < 1.29 is 28.6 Å². The summed E-state index contributed by atoms with van der Waals surface area (Å²) in [5.74, 6) is -3.61. The van der Waals surface area contributed by atoms with Crippen LogP contribution in [0.5, 0.6) is 0 Å². The Hall–Kier alpha value is -2.44. The van der Waals surface area contributed by atoms with Crippen molar-refractivity contribution in [2.75, 3.05) is 18.6 Å². The van der Waals surface area contributed by atoms with E-state index in [0.29, 0.717) is 0 Å². The van der Waals surface area contributed by atoms with Crippen LogP contribution in [0.25, 0.3) is 0 Å². The molecule has 2 rings (SSSR count). The van der Waals surface area contributed by atoms with Gasteiger partial charge in [-0.05, 0) is 18.2 Å². The Bertz CT molecular complexity index is 586. The number of aromatic carboxylic acids is 1. The summed E-state index contributed by atoms with van der Waals surface area (Å²) in [6, 6.07) is 3.13. The molecule has 1 amide bonds. The third-order valence-corrected chi connectivity index (χ3v) is 3.14. The van der Waals surface area contributed by atoms with Gasteiger partial charge in [0.25, 0.3) is 0 Å². The zero-order valence-corrected chi connectivity index (χ0v) is 10.6. The molecule has 7 heteroatoms. The number of methoxy groups -OCH3 is 1. The number of ether oxygens (including phenoxy) is 1. The Balaban J connectivity index is 2.35. The zero-order chi connectivity index (χ0) is 14.9. The van der Waals surface area contributed by atoms with Gasteiger partial charge in [-0.25, -0.2) is 9.18 Å². The molecule has 1 saturated heterocycles. The Kier molecular flexibility index (Phi) is 3.69. The van der Waals surface area contributed by atoms with Gasteiger partial charge in [0, 0.05) is 13.0 Å². The van der Waals surface area contributed by atoms with Crippen LogP contribution < -0.4 is 4.90 Å². The van der Waals surface area contributed by atoms with E-state index in [-0.39, 0.29) is 24.2 Å². The van der Waals surface area contributed by atoms with E-state index in [1.165, 1.54) is 18.1 Å². The standard InChI is InChI=1S/C13H12FNO5/c1-20-13(19)7-4-11(16)15(6-7)10-3-2-8(14)5-9(10)12(17)18/h2-3,5,7H,4,6H2,1H3,(H,17,18). The number of rotatable bonds is 3. The molecule has 0 saturated carbocycles. The molecule has 1 aromatic rings. The normalized spacial score (nSPS) is 18.2. The fourth-order valence-electron chi connectivity index (χ4n) is 2.18. The number of amides is 1. The first-order valence-corrected chi connectivity index (χ1v) is 5.85. The van der Waals surface area contributed by atoms with Gasteiger partial charge in [0.05, 0.1) is 24.3 Å². The van der Waals surface area contributed by atoms with Crippen LogP contribution in [-0.2, 0) is 14.3 Å². The van der Waals surface area contributed by atoms with Crippen LogP contribution in [0, 0.1) is 11.7 Å². The van der Waals surface area contributed by atoms with Crippen LogP contribution in [0.1, 0.15) is 16.8 Å². The minimum absolute atomic E-state index is 0.0252. The molecule has 1 aliphatic rings. The van der Waals surface area contributed by atoms with Crippen molar-refractivity contribution in [2.45, 2.75) is 6.42 Å². The molecule has 0 aliphatic carbocycles. The van der Waals surface area contributed by atoms with Crippen LogP contribution in [-0.4, -0.2) is 36.6 Å². The Morgan fingerprint density at radius 3 is 2.75 bits per heavy atom. The topological polar surface area (TPSA) is 83.9 Å². The average molecular weight is 281 g/mol. The van der Waals surface area contributed by atoms with Gasteiger partial charge in [0.2, 0.25) is 5.91 Å². The number of esters is 1. The molecular weight excluding hydrogens is 269 g/mol. The quantitative estimate of drug-likeness (QED) is 0.837. The van der Waals surface area contributed by atoms with Crippen LogP contribution in [0.15, 0.2) is 18.2 Å². The van der Waals surface area contributed by atoms with E-state index in [4.69, 9.17) is 5.11 Å². The summed E-state index contributed by atoms with van der Waals surface area (Å²) >= 11 is 0. The lowest BCUT2D eigenvalue weighted by molar-refractivity contribution is -0.145. The molecule has 1 N–H and O–H groups in total. The second-order valence-corrected chi connectivity index (χ2v) is 4.40. The number of halogens is 1. The molecule has 1 fully saturated rings. The van der Waals surface area contributed by atoms with Crippen LogP contribution in [0.2, 0.25) is 0 Å². The highest BCUT2D eigenvalue weighted by atomic mass is 19.1. The van der Waals surface area contributed by atoms with E-state index >= 15 is 0 Å². The first-order valence-electron chi connectivity index (χ1n) is 5.85. The predicted molar refractivity (Wildman–Crippen MR) is 65.8 cm³/mol. The minimum Gasteiger partial charge on any atom is -0.478 e. The van der Waals surface area contributed by atoms with Crippen molar-refractivity contribution in [3.63, 3.8) is 0 Å². The number of benzene rings is 1. The van der Waals surface area contributed by atoms with Crippen molar-refractivity contribution in [1.82, 2.24) is 0 Å². The summed E-state index contributed by atoms with van der Waals surface area (Å²) in [7, 11) is 1.22. The summed E-state index contributed by atoms with van der Waals surface area (Å²) in [6.45, 7) is 0.0252. The molecule has 0 spiro atoms. The SMILES string of the molecule is COC(=O)C1CC(=O)N(c2ccc(F)cc2C(=O)O)C1. The van der Waals surface area contributed by atoms with E-state index in [9.17, 15) is 18.8 Å². The molecule has 0 bridgehead atoms. The van der Waals surface area contributed by atoms with Crippen molar-refractivity contribution in [1.29, 1.82) is 0 Å². The highest BCUT2D eigenvalue weighted by Gasteiger charge is 2.37. The number of carboxylic acids is 1. The first kappa shape index (κ1) is 14.0. The fraction of sp³-hybridized carbons (Fsp3) is 0.308. The molecule has 1 heterocycles. The molecular formula is C13H12FNO5. The lowest BCUT2D eigenvalue weighted by Crippen LogP contribution is -2.28. The lowest BCUT2D eigenvalue weighted by Gasteiger charge is -2.18. The zero-order valence-electron chi connectivity index (χ0n) is 10.6. The van der Waals surface area contributed by atoms with Crippen molar-refractivity contribution in [3.05, 3.63) is 29.6 Å². The molecule has 20 heavy (non-hydrogen) atoms. The highest BCUT2D eigenvalue weighted by molar-refractivity contribution is 6.04. The van der Waals surface area contributed by atoms with Crippen LogP contribution in [0.4, 0.5) is 10.1 Å². The largest absolute Gasteiger partial charge is 0.478 e. The van der Waals surface area contributed by atoms with Gasteiger partial charge < -0.3 is 14.7 Å². The molecule has 1 atom stereocenters. The number of carbonyl (C=O) groups excluding carboxylic acids is 2. The van der Waals surface area contributed by atoms with Gasteiger partial charge >= 0.3 is 11.9 Å². The second-order valence-electron chi connectivity index (χ2n) is 4.40. The van der Waals surface area contributed by atoms with Crippen LogP contribution in [0.3, 0.4) is 0 Å². The second kappa shape index (κ2) is 5.28. The van der Waals surface area contributed by atoms with E-state index in [0.717, 1.165) is 12.1 Å². The molecule has 0 radical (unpaired) electrons. The number of carbonyl (C=O) groups is 3. The smallest absolute Gasteiger partial charge is 0.337 e. The fourth-order valence-corrected chi connectivity index (χ4v) is 2.18. The number of nitrogens with zero attached hydrogens (tertiary/aromatic N) is 1.